The summed E-state index contributed by atoms with van der Waals surface area (Å²) in [5.41, 5.74) is 0. The first-order valence-corrected chi connectivity index (χ1v) is 8.48. The molecule has 0 amide bonds. The number of hydrogen-bond acceptors (Lipinski definition) is 4. The van der Waals surface area contributed by atoms with E-state index in [2.05, 4.69) is 30.7 Å². The van der Waals surface area contributed by atoms with Crippen molar-refractivity contribution in [3.63, 3.8) is 0 Å². The highest BCUT2D eigenvalue weighted by molar-refractivity contribution is 5.39. The smallest absolute Gasteiger partial charge is 0.161 e. The van der Waals surface area contributed by atoms with Gasteiger partial charge in [-0.25, -0.2) is 0 Å². The van der Waals surface area contributed by atoms with E-state index in [9.17, 15) is 0 Å². The van der Waals surface area contributed by atoms with Gasteiger partial charge in [0, 0.05) is 32.7 Å². The number of hydrogen-bond donors (Lipinski definition) is 0. The monoisotopic (exact) mass is 341 g/mol. The fourth-order valence-electron chi connectivity index (χ4n) is 2.51. The van der Waals surface area contributed by atoms with Gasteiger partial charge in [0.25, 0.3) is 0 Å². The molecule has 1 saturated heterocycles. The van der Waals surface area contributed by atoms with E-state index in [1.807, 2.05) is 24.3 Å². The number of nitrogens with zero attached hydrogens (tertiary/aromatic N) is 2. The Morgan fingerprint density at radius 1 is 1.09 bits per heavy atom. The van der Waals surface area contributed by atoms with E-state index in [1.54, 1.807) is 0 Å². The average Bonchev–Trinajstić information content (AvgIpc) is 2.54. The van der Waals surface area contributed by atoms with E-state index in [0.717, 1.165) is 37.5 Å². The highest BCUT2D eigenvalue weighted by Crippen LogP contribution is 2.27. The molecule has 1 fully saturated rings. The first-order valence-electron chi connectivity index (χ1n) is 8.48. The molecule has 1 aliphatic rings. The molecule has 0 N–H and O–H groups in total. The number of halogens is 1. The Morgan fingerprint density at radius 2 is 1.74 bits per heavy atom. The molecule has 4 nitrogen and oxygen atoms in total. The summed E-state index contributed by atoms with van der Waals surface area (Å²) < 4.78 is 11.8. The molecule has 5 heteroatoms. The van der Waals surface area contributed by atoms with Crippen molar-refractivity contribution < 1.29 is 21.9 Å². The number of para-hydroxylation sites is 2. The van der Waals surface area contributed by atoms with Gasteiger partial charge in [0.05, 0.1) is 12.7 Å². The van der Waals surface area contributed by atoms with Gasteiger partial charge in [-0.05, 0) is 38.9 Å². The Kier molecular flexibility index (Phi) is 9.37. The normalized spacial score (nSPS) is 17.3. The van der Waals surface area contributed by atoms with Crippen molar-refractivity contribution in [1.82, 2.24) is 9.80 Å². The van der Waals surface area contributed by atoms with E-state index < -0.39 is 0 Å². The van der Waals surface area contributed by atoms with Gasteiger partial charge in [0.2, 0.25) is 0 Å². The molecule has 1 atom stereocenters. The van der Waals surface area contributed by atoms with Crippen molar-refractivity contribution in [2.75, 3.05) is 46.4 Å². The zero-order valence-corrected chi connectivity index (χ0v) is 15.4. The zero-order chi connectivity index (χ0) is 15.8. The van der Waals surface area contributed by atoms with Gasteiger partial charge in [-0.3, -0.25) is 0 Å². The van der Waals surface area contributed by atoms with Crippen LogP contribution >= 0.6 is 0 Å². The molecule has 1 aliphatic heterocycles. The maximum atomic E-state index is 5.93. The third-order valence-electron chi connectivity index (χ3n) is 4.22. The third kappa shape index (κ3) is 6.98. The number of rotatable bonds is 8. The van der Waals surface area contributed by atoms with Crippen LogP contribution in [-0.4, -0.2) is 62.3 Å². The number of ether oxygens (including phenoxy) is 2. The fraction of sp³-hybridized carbons (Fsp3) is 0.667. The van der Waals surface area contributed by atoms with Crippen LogP contribution in [0.5, 0.6) is 11.5 Å². The topological polar surface area (TPSA) is 24.9 Å². The van der Waals surface area contributed by atoms with E-state index in [-0.39, 0.29) is 18.5 Å². The second kappa shape index (κ2) is 10.7. The van der Waals surface area contributed by atoms with Crippen molar-refractivity contribution in [2.24, 2.45) is 0 Å². The van der Waals surface area contributed by atoms with Gasteiger partial charge in [0.15, 0.2) is 11.5 Å². The summed E-state index contributed by atoms with van der Waals surface area (Å²) >= 11 is 0. The molecule has 0 aliphatic carbocycles. The van der Waals surface area contributed by atoms with Gasteiger partial charge in [-0.1, -0.05) is 19.1 Å². The van der Waals surface area contributed by atoms with Crippen LogP contribution in [0.4, 0.5) is 0 Å². The first-order chi connectivity index (χ1) is 10.7. The van der Waals surface area contributed by atoms with Gasteiger partial charge >= 0.3 is 0 Å². The summed E-state index contributed by atoms with van der Waals surface area (Å²) in [4.78, 5) is 4.90. The predicted octanol–water partition coefficient (Wildman–Crippen LogP) is -0.116. The Morgan fingerprint density at radius 3 is 2.39 bits per heavy atom. The maximum Gasteiger partial charge on any atom is 0.161 e. The minimum Gasteiger partial charge on any atom is -1.00 e. The molecule has 1 heterocycles. The SMILES string of the molecule is CCC(C)Oc1ccccc1OCCCN1CCN(C)CC1.[Cl-]. The minimum absolute atomic E-state index is 0. The van der Waals surface area contributed by atoms with Crippen LogP contribution in [0.3, 0.4) is 0 Å². The molecule has 0 bridgehead atoms. The van der Waals surface area contributed by atoms with E-state index >= 15 is 0 Å². The molecule has 0 radical (unpaired) electrons. The van der Waals surface area contributed by atoms with Crippen molar-refractivity contribution >= 4 is 0 Å². The molecule has 2 rings (SSSR count). The van der Waals surface area contributed by atoms with Gasteiger partial charge in [0.1, 0.15) is 0 Å². The van der Waals surface area contributed by atoms with Crippen LogP contribution in [0.2, 0.25) is 0 Å². The quantitative estimate of drug-likeness (QED) is 0.616. The Bertz CT molecular complexity index is 437. The summed E-state index contributed by atoms with van der Waals surface area (Å²) in [6.45, 7) is 10.8. The number of likely N-dealkylation sites (N-methyl/N-ethyl adjacent to an activating group) is 1. The van der Waals surface area contributed by atoms with E-state index in [4.69, 9.17) is 9.47 Å². The molecule has 23 heavy (non-hydrogen) atoms. The van der Waals surface area contributed by atoms with Crippen molar-refractivity contribution in [3.05, 3.63) is 24.3 Å². The molecule has 1 unspecified atom stereocenters. The van der Waals surface area contributed by atoms with Crippen molar-refractivity contribution in [2.45, 2.75) is 32.8 Å². The zero-order valence-electron chi connectivity index (χ0n) is 14.6. The molecule has 1 aromatic carbocycles. The number of piperazine rings is 1. The Hall–Kier alpha value is -0.970. The van der Waals surface area contributed by atoms with Crippen LogP contribution < -0.4 is 21.9 Å². The second-order valence-corrected chi connectivity index (χ2v) is 6.13. The Labute approximate surface area is 147 Å². The lowest BCUT2D eigenvalue weighted by molar-refractivity contribution is -0.00000600. The summed E-state index contributed by atoms with van der Waals surface area (Å²) in [5.74, 6) is 1.72. The molecular formula is C18H30ClN2O2-. The molecule has 1 aromatic rings. The van der Waals surface area contributed by atoms with Gasteiger partial charge in [-0.15, -0.1) is 0 Å². The molecule has 132 valence electrons. The fourth-order valence-corrected chi connectivity index (χ4v) is 2.51. The van der Waals surface area contributed by atoms with Gasteiger partial charge < -0.3 is 31.7 Å². The van der Waals surface area contributed by atoms with Crippen LogP contribution in [-0.2, 0) is 0 Å². The lowest BCUT2D eigenvalue weighted by atomic mass is 10.3. The summed E-state index contributed by atoms with van der Waals surface area (Å²) in [6.07, 6.45) is 2.27. The highest BCUT2D eigenvalue weighted by atomic mass is 35.5. The molecule has 0 aromatic heterocycles. The third-order valence-corrected chi connectivity index (χ3v) is 4.22. The van der Waals surface area contributed by atoms with Crippen molar-refractivity contribution in [1.29, 1.82) is 0 Å². The largest absolute Gasteiger partial charge is 1.00 e. The predicted molar refractivity (Wildman–Crippen MR) is 90.9 cm³/mol. The lowest BCUT2D eigenvalue weighted by Crippen LogP contribution is -3.00. The Balaban J connectivity index is 0.00000264. The van der Waals surface area contributed by atoms with Crippen LogP contribution in [0.1, 0.15) is 26.7 Å². The summed E-state index contributed by atoms with van der Waals surface area (Å²) in [6, 6.07) is 7.98. The summed E-state index contributed by atoms with van der Waals surface area (Å²) in [5, 5.41) is 0. The van der Waals surface area contributed by atoms with Gasteiger partial charge in [-0.2, -0.15) is 0 Å². The van der Waals surface area contributed by atoms with Crippen molar-refractivity contribution in [3.8, 4) is 11.5 Å². The lowest BCUT2D eigenvalue weighted by Gasteiger charge is -2.32. The maximum absolute atomic E-state index is 5.93. The van der Waals surface area contributed by atoms with Crippen LogP contribution in [0.25, 0.3) is 0 Å². The first kappa shape index (κ1) is 20.1. The summed E-state index contributed by atoms with van der Waals surface area (Å²) in [7, 11) is 2.19. The van der Waals surface area contributed by atoms with Crippen LogP contribution in [0, 0.1) is 0 Å². The van der Waals surface area contributed by atoms with E-state index in [1.165, 1.54) is 26.2 Å². The standard InChI is InChI=1S/C18H30N2O2.ClH/c1-4-16(2)22-18-9-6-5-8-17(18)21-15-7-10-20-13-11-19(3)12-14-20;/h5-6,8-9,16H,4,7,10-15H2,1-3H3;1H/p-1. The highest BCUT2D eigenvalue weighted by Gasteiger charge is 2.13. The number of benzene rings is 1. The second-order valence-electron chi connectivity index (χ2n) is 6.13. The van der Waals surface area contributed by atoms with E-state index in [0.29, 0.717) is 0 Å². The molecular weight excluding hydrogens is 312 g/mol. The minimum atomic E-state index is 0. The van der Waals surface area contributed by atoms with Crippen LogP contribution in [0.15, 0.2) is 24.3 Å². The average molecular weight is 342 g/mol. The molecule has 0 spiro atoms. The molecule has 0 saturated carbocycles.